The quantitative estimate of drug-likeness (QED) is 0.673. The van der Waals surface area contributed by atoms with Gasteiger partial charge in [0.2, 0.25) is 15.9 Å². The number of nitrogens with one attached hydrogen (secondary N) is 1. The lowest BCUT2D eigenvalue weighted by Crippen LogP contribution is -2.34. The van der Waals surface area contributed by atoms with Crippen LogP contribution in [0.15, 0.2) is 53.4 Å². The molecule has 0 saturated carbocycles. The van der Waals surface area contributed by atoms with E-state index in [1.807, 2.05) is 18.2 Å². The molecule has 0 saturated heterocycles. The van der Waals surface area contributed by atoms with Gasteiger partial charge in [-0.15, -0.1) is 0 Å². The standard InChI is InChI=1S/C22H29N3O3S/c1-3-24(20-10-5-4-6-11-20)15-8-14-23-29(27,28)21-12-13-22-19(17-21)9-7-16-25(22)18(2)26/h4-6,10-13,17,23H,3,7-9,14-16H2,1-2H3. The van der Waals surface area contributed by atoms with Crippen molar-refractivity contribution in [2.45, 2.75) is 38.0 Å². The highest BCUT2D eigenvalue weighted by Crippen LogP contribution is 2.29. The zero-order valence-electron chi connectivity index (χ0n) is 17.1. The van der Waals surface area contributed by atoms with Crippen LogP contribution in [0.5, 0.6) is 0 Å². The summed E-state index contributed by atoms with van der Waals surface area (Å²) in [6.45, 7) is 6.34. The summed E-state index contributed by atoms with van der Waals surface area (Å²) in [6, 6.07) is 15.2. The summed E-state index contributed by atoms with van der Waals surface area (Å²) < 4.78 is 28.1. The molecular formula is C22H29N3O3S. The van der Waals surface area contributed by atoms with Crippen LogP contribution in [0.4, 0.5) is 11.4 Å². The SMILES string of the molecule is CCN(CCCNS(=O)(=O)c1ccc2c(c1)CCCN2C(C)=O)c1ccccc1. The molecule has 3 rings (SSSR count). The molecule has 6 nitrogen and oxygen atoms in total. The van der Waals surface area contributed by atoms with Gasteiger partial charge in [0.1, 0.15) is 0 Å². The first kappa shape index (κ1) is 21.3. The molecular weight excluding hydrogens is 386 g/mol. The number of carbonyl (C=O) groups excluding carboxylic acids is 1. The number of fused-ring (bicyclic) bond motifs is 1. The van der Waals surface area contributed by atoms with Crippen LogP contribution in [0, 0.1) is 0 Å². The average Bonchev–Trinajstić information content (AvgIpc) is 2.73. The van der Waals surface area contributed by atoms with Crippen molar-refractivity contribution in [1.82, 2.24) is 4.72 Å². The highest BCUT2D eigenvalue weighted by atomic mass is 32.2. The first-order valence-electron chi connectivity index (χ1n) is 10.1. The van der Waals surface area contributed by atoms with Gasteiger partial charge in [-0.05, 0) is 62.1 Å². The molecule has 2 aromatic rings. The van der Waals surface area contributed by atoms with Gasteiger partial charge >= 0.3 is 0 Å². The summed E-state index contributed by atoms with van der Waals surface area (Å²) in [5, 5.41) is 0. The maximum Gasteiger partial charge on any atom is 0.240 e. The second-order valence-corrected chi connectivity index (χ2v) is 9.00. The summed E-state index contributed by atoms with van der Waals surface area (Å²) in [7, 11) is -3.57. The van der Waals surface area contributed by atoms with Crippen LogP contribution in [0.1, 0.15) is 32.3 Å². The molecule has 0 unspecified atom stereocenters. The normalized spacial score (nSPS) is 13.8. The molecule has 1 heterocycles. The number of carbonyl (C=O) groups is 1. The van der Waals surface area contributed by atoms with Crippen molar-refractivity contribution >= 4 is 27.3 Å². The molecule has 0 spiro atoms. The lowest BCUT2D eigenvalue weighted by molar-refractivity contribution is -0.116. The Bertz CT molecular complexity index is 945. The van der Waals surface area contributed by atoms with Gasteiger partial charge < -0.3 is 9.80 Å². The number of hydrogen-bond acceptors (Lipinski definition) is 4. The van der Waals surface area contributed by atoms with Crippen molar-refractivity contribution in [2.75, 3.05) is 36.0 Å². The topological polar surface area (TPSA) is 69.7 Å². The Kier molecular flexibility index (Phi) is 6.92. The Morgan fingerprint density at radius 1 is 1.17 bits per heavy atom. The first-order valence-corrected chi connectivity index (χ1v) is 11.6. The maximum absolute atomic E-state index is 12.7. The van der Waals surface area contributed by atoms with Crippen LogP contribution < -0.4 is 14.5 Å². The van der Waals surface area contributed by atoms with Crippen LogP contribution in [0.3, 0.4) is 0 Å². The molecule has 0 atom stereocenters. The second kappa shape index (κ2) is 9.41. The number of rotatable bonds is 8. The van der Waals surface area contributed by atoms with Crippen molar-refractivity contribution < 1.29 is 13.2 Å². The van der Waals surface area contributed by atoms with E-state index in [4.69, 9.17) is 0 Å². The van der Waals surface area contributed by atoms with Gasteiger partial charge in [-0.3, -0.25) is 4.79 Å². The fraction of sp³-hybridized carbons (Fsp3) is 0.409. The van der Waals surface area contributed by atoms with E-state index in [1.165, 1.54) is 6.92 Å². The minimum atomic E-state index is -3.57. The average molecular weight is 416 g/mol. The molecule has 0 aromatic heterocycles. The van der Waals surface area contributed by atoms with E-state index in [0.29, 0.717) is 19.5 Å². The van der Waals surface area contributed by atoms with Crippen molar-refractivity contribution in [3.05, 3.63) is 54.1 Å². The molecule has 7 heteroatoms. The Labute approximate surface area is 173 Å². The van der Waals surface area contributed by atoms with E-state index in [-0.39, 0.29) is 10.8 Å². The third-order valence-electron chi connectivity index (χ3n) is 5.26. The van der Waals surface area contributed by atoms with Gasteiger partial charge in [-0.25, -0.2) is 13.1 Å². The monoisotopic (exact) mass is 415 g/mol. The molecule has 1 amide bonds. The smallest absolute Gasteiger partial charge is 0.240 e. The minimum absolute atomic E-state index is 0.0152. The molecule has 1 N–H and O–H groups in total. The van der Waals surface area contributed by atoms with Crippen molar-refractivity contribution in [1.29, 1.82) is 0 Å². The van der Waals surface area contributed by atoms with E-state index in [2.05, 4.69) is 28.7 Å². The molecule has 0 radical (unpaired) electrons. The Morgan fingerprint density at radius 3 is 2.62 bits per heavy atom. The maximum atomic E-state index is 12.7. The van der Waals surface area contributed by atoms with E-state index < -0.39 is 10.0 Å². The summed E-state index contributed by atoms with van der Waals surface area (Å²) in [5.41, 5.74) is 2.88. The zero-order valence-corrected chi connectivity index (χ0v) is 17.9. The highest BCUT2D eigenvalue weighted by molar-refractivity contribution is 7.89. The van der Waals surface area contributed by atoms with Crippen LogP contribution in [-0.2, 0) is 21.2 Å². The van der Waals surface area contributed by atoms with Crippen molar-refractivity contribution in [3.8, 4) is 0 Å². The molecule has 1 aliphatic rings. The third-order valence-corrected chi connectivity index (χ3v) is 6.72. The zero-order chi connectivity index (χ0) is 20.9. The number of para-hydroxylation sites is 1. The minimum Gasteiger partial charge on any atom is -0.372 e. The molecule has 0 aliphatic carbocycles. The number of anilines is 2. The van der Waals surface area contributed by atoms with Gasteiger partial charge in [0.05, 0.1) is 4.90 Å². The van der Waals surface area contributed by atoms with Crippen LogP contribution in [0.25, 0.3) is 0 Å². The first-order chi connectivity index (χ1) is 13.9. The van der Waals surface area contributed by atoms with E-state index >= 15 is 0 Å². The molecule has 29 heavy (non-hydrogen) atoms. The highest BCUT2D eigenvalue weighted by Gasteiger charge is 2.22. The van der Waals surface area contributed by atoms with Crippen LogP contribution in [0.2, 0.25) is 0 Å². The van der Waals surface area contributed by atoms with Crippen molar-refractivity contribution in [3.63, 3.8) is 0 Å². The molecule has 0 fully saturated rings. The third kappa shape index (κ3) is 5.16. The predicted molar refractivity (Wildman–Crippen MR) is 117 cm³/mol. The molecule has 1 aliphatic heterocycles. The summed E-state index contributed by atoms with van der Waals surface area (Å²) in [4.78, 5) is 16.0. The number of sulfonamides is 1. The number of amides is 1. The molecule has 2 aromatic carbocycles. The van der Waals surface area contributed by atoms with E-state index in [0.717, 1.165) is 42.9 Å². The lowest BCUT2D eigenvalue weighted by atomic mass is 10.0. The largest absolute Gasteiger partial charge is 0.372 e. The van der Waals surface area contributed by atoms with E-state index in [9.17, 15) is 13.2 Å². The second-order valence-electron chi connectivity index (χ2n) is 7.23. The van der Waals surface area contributed by atoms with Gasteiger partial charge in [-0.2, -0.15) is 0 Å². The molecule has 156 valence electrons. The Balaban J connectivity index is 1.61. The fourth-order valence-corrected chi connectivity index (χ4v) is 4.86. The van der Waals surface area contributed by atoms with E-state index in [1.54, 1.807) is 23.1 Å². The van der Waals surface area contributed by atoms with Crippen LogP contribution in [-0.4, -0.2) is 40.5 Å². The van der Waals surface area contributed by atoms with Gasteiger partial charge in [-0.1, -0.05) is 18.2 Å². The summed E-state index contributed by atoms with van der Waals surface area (Å²) >= 11 is 0. The predicted octanol–water partition coefficient (Wildman–Crippen LogP) is 3.18. The van der Waals surface area contributed by atoms with Gasteiger partial charge in [0, 0.05) is 44.5 Å². The Morgan fingerprint density at radius 2 is 1.93 bits per heavy atom. The van der Waals surface area contributed by atoms with Crippen LogP contribution >= 0.6 is 0 Å². The van der Waals surface area contributed by atoms with Gasteiger partial charge in [0.25, 0.3) is 0 Å². The van der Waals surface area contributed by atoms with Crippen molar-refractivity contribution in [2.24, 2.45) is 0 Å². The lowest BCUT2D eigenvalue weighted by Gasteiger charge is -2.28. The fourth-order valence-electron chi connectivity index (χ4n) is 3.74. The Hall–Kier alpha value is -2.38. The number of benzene rings is 2. The number of aryl methyl sites for hydroxylation is 1. The van der Waals surface area contributed by atoms with Gasteiger partial charge in [0.15, 0.2) is 0 Å². The molecule has 0 bridgehead atoms. The summed E-state index contributed by atoms with van der Waals surface area (Å²) in [5.74, 6) is -0.0152. The number of hydrogen-bond donors (Lipinski definition) is 1. The summed E-state index contributed by atoms with van der Waals surface area (Å²) in [6.07, 6.45) is 2.34. The number of nitrogens with zero attached hydrogens (tertiary/aromatic N) is 2.